The predicted octanol–water partition coefficient (Wildman–Crippen LogP) is 0.918. The molecular formula is C11H17F3N2O2. The highest BCUT2D eigenvalue weighted by atomic mass is 19.4. The van der Waals surface area contributed by atoms with Gasteiger partial charge in [0.2, 0.25) is 5.91 Å². The molecule has 1 N–H and O–H groups in total. The Balaban J connectivity index is 1.64. The maximum Gasteiger partial charge on any atom is 0.411 e. The molecule has 2 atom stereocenters. The van der Waals surface area contributed by atoms with Gasteiger partial charge in [-0.1, -0.05) is 0 Å². The number of amides is 1. The fourth-order valence-electron chi connectivity index (χ4n) is 2.67. The van der Waals surface area contributed by atoms with E-state index in [0.717, 1.165) is 19.4 Å². The van der Waals surface area contributed by atoms with Gasteiger partial charge in [0.05, 0.1) is 6.61 Å². The van der Waals surface area contributed by atoms with Gasteiger partial charge in [-0.2, -0.15) is 13.2 Å². The van der Waals surface area contributed by atoms with E-state index in [9.17, 15) is 18.0 Å². The van der Waals surface area contributed by atoms with Gasteiger partial charge in [0.1, 0.15) is 6.61 Å². The summed E-state index contributed by atoms with van der Waals surface area (Å²) < 4.78 is 40.0. The molecule has 0 bridgehead atoms. The van der Waals surface area contributed by atoms with Gasteiger partial charge in [0.15, 0.2) is 0 Å². The molecule has 2 unspecified atom stereocenters. The Morgan fingerprint density at radius 3 is 2.94 bits per heavy atom. The van der Waals surface area contributed by atoms with Gasteiger partial charge < -0.3 is 15.0 Å². The maximum atomic E-state index is 11.8. The smallest absolute Gasteiger partial charge is 0.371 e. The minimum Gasteiger partial charge on any atom is -0.371 e. The van der Waals surface area contributed by atoms with E-state index in [4.69, 9.17) is 0 Å². The second-order valence-corrected chi connectivity index (χ2v) is 4.73. The van der Waals surface area contributed by atoms with Crippen molar-refractivity contribution in [3.8, 4) is 0 Å². The molecule has 7 heteroatoms. The van der Waals surface area contributed by atoms with Crippen molar-refractivity contribution < 1.29 is 22.7 Å². The molecule has 2 fully saturated rings. The van der Waals surface area contributed by atoms with E-state index in [1.807, 2.05) is 4.90 Å². The molecule has 2 saturated heterocycles. The Labute approximate surface area is 103 Å². The van der Waals surface area contributed by atoms with E-state index < -0.39 is 12.8 Å². The highest BCUT2D eigenvalue weighted by Gasteiger charge is 2.41. The summed E-state index contributed by atoms with van der Waals surface area (Å²) in [5.41, 5.74) is 0. The average Bonchev–Trinajstić information content (AvgIpc) is 2.82. The molecule has 0 aromatic carbocycles. The lowest BCUT2D eigenvalue weighted by atomic mass is 10.1. The molecule has 1 amide bonds. The van der Waals surface area contributed by atoms with E-state index in [1.54, 1.807) is 0 Å². The SMILES string of the molecule is O=C1CC(NCCOCC(F)(F)F)C2CCCN12. The summed E-state index contributed by atoms with van der Waals surface area (Å²) >= 11 is 0. The fourth-order valence-corrected chi connectivity index (χ4v) is 2.67. The molecule has 2 heterocycles. The van der Waals surface area contributed by atoms with Crippen LogP contribution in [0.1, 0.15) is 19.3 Å². The lowest BCUT2D eigenvalue weighted by molar-refractivity contribution is -0.173. The lowest BCUT2D eigenvalue weighted by Crippen LogP contribution is -2.40. The van der Waals surface area contributed by atoms with Crippen molar-refractivity contribution in [3.05, 3.63) is 0 Å². The molecule has 0 aromatic rings. The molecule has 0 spiro atoms. The van der Waals surface area contributed by atoms with Gasteiger partial charge in [-0.15, -0.1) is 0 Å². The van der Waals surface area contributed by atoms with Crippen molar-refractivity contribution >= 4 is 5.91 Å². The van der Waals surface area contributed by atoms with Crippen molar-refractivity contribution in [3.63, 3.8) is 0 Å². The third-order valence-electron chi connectivity index (χ3n) is 3.40. The molecular weight excluding hydrogens is 249 g/mol. The molecule has 2 aliphatic rings. The molecule has 2 aliphatic heterocycles. The van der Waals surface area contributed by atoms with Crippen molar-refractivity contribution in [2.24, 2.45) is 0 Å². The van der Waals surface area contributed by atoms with E-state index in [2.05, 4.69) is 10.1 Å². The summed E-state index contributed by atoms with van der Waals surface area (Å²) in [5.74, 6) is 0.145. The highest BCUT2D eigenvalue weighted by molar-refractivity contribution is 5.80. The first-order valence-corrected chi connectivity index (χ1v) is 6.15. The van der Waals surface area contributed by atoms with Crippen molar-refractivity contribution in [1.82, 2.24) is 10.2 Å². The van der Waals surface area contributed by atoms with Crippen LogP contribution in [0.25, 0.3) is 0 Å². The zero-order valence-electron chi connectivity index (χ0n) is 10.0. The van der Waals surface area contributed by atoms with Crippen LogP contribution in [0, 0.1) is 0 Å². The van der Waals surface area contributed by atoms with Crippen LogP contribution in [0.5, 0.6) is 0 Å². The van der Waals surface area contributed by atoms with Crippen LogP contribution >= 0.6 is 0 Å². The minimum absolute atomic E-state index is 0.0108. The lowest BCUT2D eigenvalue weighted by Gasteiger charge is -2.21. The van der Waals surface area contributed by atoms with Gasteiger partial charge in [-0.25, -0.2) is 0 Å². The molecule has 0 aliphatic carbocycles. The number of alkyl halides is 3. The predicted molar refractivity (Wildman–Crippen MR) is 58.0 cm³/mol. The molecule has 104 valence electrons. The zero-order chi connectivity index (χ0) is 13.2. The number of carbonyl (C=O) groups excluding carboxylic acids is 1. The van der Waals surface area contributed by atoms with Crippen molar-refractivity contribution in [2.75, 3.05) is 26.3 Å². The number of nitrogens with zero attached hydrogens (tertiary/aromatic N) is 1. The monoisotopic (exact) mass is 266 g/mol. The van der Waals surface area contributed by atoms with E-state index >= 15 is 0 Å². The van der Waals surface area contributed by atoms with Crippen LogP contribution in [0.4, 0.5) is 13.2 Å². The van der Waals surface area contributed by atoms with Crippen LogP contribution in [0.3, 0.4) is 0 Å². The first-order valence-electron chi connectivity index (χ1n) is 6.15. The van der Waals surface area contributed by atoms with Crippen LogP contribution in [0.15, 0.2) is 0 Å². The van der Waals surface area contributed by atoms with Gasteiger partial charge in [0, 0.05) is 31.6 Å². The van der Waals surface area contributed by atoms with Crippen molar-refractivity contribution in [1.29, 1.82) is 0 Å². The quantitative estimate of drug-likeness (QED) is 0.752. The second kappa shape index (κ2) is 5.44. The number of ether oxygens (including phenoxy) is 1. The molecule has 18 heavy (non-hydrogen) atoms. The van der Waals surface area contributed by atoms with E-state index in [0.29, 0.717) is 13.0 Å². The number of hydrogen-bond acceptors (Lipinski definition) is 3. The number of hydrogen-bond donors (Lipinski definition) is 1. The first-order chi connectivity index (χ1) is 8.47. The standard InChI is InChI=1S/C11H17F3N2O2/c12-11(13,14)7-18-5-3-15-8-6-10(17)16-4-1-2-9(8)16/h8-9,15H,1-7H2. The first kappa shape index (κ1) is 13.6. The minimum atomic E-state index is -4.27. The van der Waals surface area contributed by atoms with Gasteiger partial charge in [-0.3, -0.25) is 4.79 Å². The van der Waals surface area contributed by atoms with E-state index in [-0.39, 0.29) is 24.6 Å². The highest BCUT2D eigenvalue weighted by Crippen LogP contribution is 2.28. The van der Waals surface area contributed by atoms with Crippen molar-refractivity contribution in [2.45, 2.75) is 37.5 Å². The average molecular weight is 266 g/mol. The molecule has 0 radical (unpaired) electrons. The molecule has 4 nitrogen and oxygen atoms in total. The molecule has 0 aromatic heterocycles. The summed E-state index contributed by atoms with van der Waals surface area (Å²) in [6.45, 7) is -0.0463. The van der Waals surface area contributed by atoms with Crippen LogP contribution in [0.2, 0.25) is 0 Å². The number of nitrogens with one attached hydrogen (secondary N) is 1. The van der Waals surface area contributed by atoms with Gasteiger partial charge in [-0.05, 0) is 12.8 Å². The molecule has 2 rings (SSSR count). The Morgan fingerprint density at radius 1 is 1.44 bits per heavy atom. The van der Waals surface area contributed by atoms with Crippen LogP contribution < -0.4 is 5.32 Å². The Kier molecular flexibility index (Phi) is 4.11. The summed E-state index contributed by atoms with van der Waals surface area (Å²) in [5, 5.41) is 3.11. The largest absolute Gasteiger partial charge is 0.411 e. The summed E-state index contributed by atoms with van der Waals surface area (Å²) in [4.78, 5) is 13.5. The second-order valence-electron chi connectivity index (χ2n) is 4.73. The zero-order valence-corrected chi connectivity index (χ0v) is 10.0. The fraction of sp³-hybridized carbons (Fsp3) is 0.909. The number of rotatable bonds is 5. The Bertz CT molecular complexity index is 309. The van der Waals surface area contributed by atoms with Crippen LogP contribution in [-0.4, -0.2) is 55.4 Å². The summed E-state index contributed by atoms with van der Waals surface area (Å²) in [7, 11) is 0. The maximum absolute atomic E-state index is 11.8. The Morgan fingerprint density at radius 2 is 2.22 bits per heavy atom. The number of fused-ring (bicyclic) bond motifs is 1. The Hall–Kier alpha value is -0.820. The van der Waals surface area contributed by atoms with E-state index in [1.165, 1.54) is 0 Å². The molecule has 0 saturated carbocycles. The summed E-state index contributed by atoms with van der Waals surface area (Å²) in [6, 6.07) is 0.287. The van der Waals surface area contributed by atoms with Gasteiger partial charge in [0.25, 0.3) is 0 Å². The van der Waals surface area contributed by atoms with Gasteiger partial charge >= 0.3 is 6.18 Å². The third kappa shape index (κ3) is 3.35. The number of carbonyl (C=O) groups is 1. The topological polar surface area (TPSA) is 41.6 Å². The normalized spacial score (nSPS) is 27.9. The summed E-state index contributed by atoms with van der Waals surface area (Å²) in [6.07, 6.45) is -1.83. The third-order valence-corrected chi connectivity index (χ3v) is 3.40. The number of halogens is 3. The van der Waals surface area contributed by atoms with Crippen LogP contribution in [-0.2, 0) is 9.53 Å².